The van der Waals surface area contributed by atoms with E-state index in [0.29, 0.717) is 35.0 Å². The van der Waals surface area contributed by atoms with Crippen molar-refractivity contribution >= 4 is 17.2 Å². The predicted molar refractivity (Wildman–Crippen MR) is 96.4 cm³/mol. The van der Waals surface area contributed by atoms with E-state index in [1.165, 1.54) is 4.90 Å². The number of aromatic nitrogens is 4. The van der Waals surface area contributed by atoms with Gasteiger partial charge in [-0.15, -0.1) is 0 Å². The molecular weight excluding hydrogens is 318 g/mol. The summed E-state index contributed by atoms with van der Waals surface area (Å²) in [6, 6.07) is 7.24. The Hall–Kier alpha value is -2.96. The van der Waals surface area contributed by atoms with Gasteiger partial charge in [-0.25, -0.2) is 14.8 Å². The summed E-state index contributed by atoms with van der Waals surface area (Å²) in [4.78, 5) is 37.5. The first-order valence-electron chi connectivity index (χ1n) is 8.14. The molecule has 0 saturated heterocycles. The molecule has 130 valence electrons. The number of rotatable bonds is 4. The number of hydrogen-bond donors (Lipinski definition) is 1. The minimum atomic E-state index is -0.211. The average molecular weight is 339 g/mol. The fourth-order valence-electron chi connectivity index (χ4n) is 2.66. The van der Waals surface area contributed by atoms with Crippen molar-refractivity contribution in [3.8, 4) is 11.3 Å². The molecule has 7 heteroatoms. The van der Waals surface area contributed by atoms with Crippen LogP contribution in [0.1, 0.15) is 24.2 Å². The Kier molecular flexibility index (Phi) is 4.39. The first-order valence-corrected chi connectivity index (χ1v) is 8.14. The Morgan fingerprint density at radius 2 is 2.08 bits per heavy atom. The molecule has 0 radical (unpaired) electrons. The summed E-state index contributed by atoms with van der Waals surface area (Å²) in [6.45, 7) is 4.65. The fraction of sp³-hybridized carbons (Fsp3) is 0.333. The zero-order valence-electron chi connectivity index (χ0n) is 14.8. The van der Waals surface area contributed by atoms with Crippen LogP contribution in [-0.4, -0.2) is 44.4 Å². The maximum atomic E-state index is 12.2. The highest BCUT2D eigenvalue weighted by Crippen LogP contribution is 2.20. The molecular formula is C18H21N5O2. The molecule has 0 spiro atoms. The molecule has 1 N–H and O–H groups in total. The topological polar surface area (TPSA) is 83.9 Å². The Morgan fingerprint density at radius 3 is 2.76 bits per heavy atom. The minimum Gasteiger partial charge on any atom is -0.345 e. The van der Waals surface area contributed by atoms with Gasteiger partial charge in [-0.05, 0) is 18.1 Å². The van der Waals surface area contributed by atoms with Gasteiger partial charge in [0.15, 0.2) is 11.3 Å². The van der Waals surface area contributed by atoms with Gasteiger partial charge in [0.25, 0.3) is 5.91 Å². The highest BCUT2D eigenvalue weighted by atomic mass is 16.2. The SMILES string of the molecule is CC(C)Cn1c(=O)[nH]c2ncc(-c3cccc(C(=O)N(C)C)c3)nc21. The predicted octanol–water partition coefficient (Wildman–Crippen LogP) is 2.14. The second kappa shape index (κ2) is 6.51. The van der Waals surface area contributed by atoms with Crippen LogP contribution >= 0.6 is 0 Å². The number of nitrogens with zero attached hydrogens (tertiary/aromatic N) is 4. The second-order valence-corrected chi connectivity index (χ2v) is 6.64. The number of nitrogens with one attached hydrogen (secondary N) is 1. The summed E-state index contributed by atoms with van der Waals surface area (Å²) in [5, 5.41) is 0. The van der Waals surface area contributed by atoms with E-state index in [2.05, 4.69) is 15.0 Å². The molecule has 0 atom stereocenters. The molecule has 3 rings (SSSR count). The standard InChI is InChI=1S/C18H21N5O2/c1-11(2)10-23-16-15(21-18(23)25)19-9-14(20-16)12-6-5-7-13(8-12)17(24)22(3)4/h5-9,11H,10H2,1-4H3,(H,19,21,25). The Morgan fingerprint density at radius 1 is 1.32 bits per heavy atom. The van der Waals surface area contributed by atoms with Crippen molar-refractivity contribution in [3.05, 3.63) is 46.5 Å². The average Bonchev–Trinajstić information content (AvgIpc) is 2.88. The van der Waals surface area contributed by atoms with E-state index in [0.717, 1.165) is 5.56 Å². The summed E-state index contributed by atoms with van der Waals surface area (Å²) in [5.74, 6) is 0.234. The van der Waals surface area contributed by atoms with Gasteiger partial charge in [-0.3, -0.25) is 14.3 Å². The number of hydrogen-bond acceptors (Lipinski definition) is 4. The van der Waals surface area contributed by atoms with Gasteiger partial charge >= 0.3 is 5.69 Å². The molecule has 1 amide bonds. The number of fused-ring (bicyclic) bond motifs is 1. The second-order valence-electron chi connectivity index (χ2n) is 6.64. The van der Waals surface area contributed by atoms with Gasteiger partial charge in [0, 0.05) is 31.8 Å². The van der Waals surface area contributed by atoms with Crippen LogP contribution in [0.5, 0.6) is 0 Å². The third kappa shape index (κ3) is 3.31. The maximum Gasteiger partial charge on any atom is 0.328 e. The van der Waals surface area contributed by atoms with E-state index < -0.39 is 0 Å². The molecule has 0 aliphatic heterocycles. The minimum absolute atomic E-state index is 0.0748. The van der Waals surface area contributed by atoms with E-state index in [1.807, 2.05) is 26.0 Å². The quantitative estimate of drug-likeness (QED) is 0.789. The first-order chi connectivity index (χ1) is 11.9. The lowest BCUT2D eigenvalue weighted by molar-refractivity contribution is 0.0827. The third-order valence-electron chi connectivity index (χ3n) is 3.84. The van der Waals surface area contributed by atoms with E-state index in [1.54, 1.807) is 37.0 Å². The number of imidazole rings is 1. The van der Waals surface area contributed by atoms with Gasteiger partial charge in [0.1, 0.15) is 0 Å². The van der Waals surface area contributed by atoms with Crippen molar-refractivity contribution in [2.45, 2.75) is 20.4 Å². The number of aromatic amines is 1. The molecule has 0 bridgehead atoms. The van der Waals surface area contributed by atoms with Gasteiger partial charge in [0.05, 0.1) is 11.9 Å². The van der Waals surface area contributed by atoms with Crippen LogP contribution < -0.4 is 5.69 Å². The summed E-state index contributed by atoms with van der Waals surface area (Å²) in [6.07, 6.45) is 1.61. The van der Waals surface area contributed by atoms with Crippen LogP contribution in [0.4, 0.5) is 0 Å². The highest BCUT2D eigenvalue weighted by molar-refractivity contribution is 5.95. The first kappa shape index (κ1) is 16.9. The molecule has 0 fully saturated rings. The lowest BCUT2D eigenvalue weighted by atomic mass is 10.1. The summed E-state index contributed by atoms with van der Waals surface area (Å²) >= 11 is 0. The van der Waals surface area contributed by atoms with Crippen molar-refractivity contribution in [3.63, 3.8) is 0 Å². The largest absolute Gasteiger partial charge is 0.345 e. The zero-order chi connectivity index (χ0) is 18.1. The normalized spacial score (nSPS) is 11.2. The van der Waals surface area contributed by atoms with Crippen LogP contribution in [0.2, 0.25) is 0 Å². The van der Waals surface area contributed by atoms with Gasteiger partial charge < -0.3 is 4.90 Å². The van der Waals surface area contributed by atoms with Gasteiger partial charge in [-0.2, -0.15) is 0 Å². The molecule has 0 saturated carbocycles. The summed E-state index contributed by atoms with van der Waals surface area (Å²) in [7, 11) is 3.43. The molecule has 25 heavy (non-hydrogen) atoms. The molecule has 7 nitrogen and oxygen atoms in total. The summed E-state index contributed by atoms with van der Waals surface area (Å²) < 4.78 is 1.60. The van der Waals surface area contributed by atoms with Crippen LogP contribution in [-0.2, 0) is 6.54 Å². The monoisotopic (exact) mass is 339 g/mol. The molecule has 1 aromatic carbocycles. The van der Waals surface area contributed by atoms with E-state index in [9.17, 15) is 9.59 Å². The molecule has 3 aromatic rings. The van der Waals surface area contributed by atoms with Gasteiger partial charge in [0.2, 0.25) is 0 Å². The van der Waals surface area contributed by atoms with Crippen LogP contribution in [0, 0.1) is 5.92 Å². The molecule has 0 aliphatic carbocycles. The number of H-pyrrole nitrogens is 1. The zero-order valence-corrected chi connectivity index (χ0v) is 14.8. The van der Waals surface area contributed by atoms with E-state index in [4.69, 9.17) is 0 Å². The smallest absolute Gasteiger partial charge is 0.328 e. The summed E-state index contributed by atoms with van der Waals surface area (Å²) in [5.41, 5.74) is 2.77. The lowest BCUT2D eigenvalue weighted by Crippen LogP contribution is -2.21. The molecule has 0 unspecified atom stereocenters. The number of carbonyl (C=O) groups is 1. The Bertz CT molecular complexity index is 985. The lowest BCUT2D eigenvalue weighted by Gasteiger charge is -2.11. The van der Waals surface area contributed by atoms with Crippen molar-refractivity contribution in [2.75, 3.05) is 14.1 Å². The van der Waals surface area contributed by atoms with Crippen LogP contribution in [0.25, 0.3) is 22.6 Å². The van der Waals surface area contributed by atoms with Crippen molar-refractivity contribution < 1.29 is 4.79 Å². The Labute approximate surface area is 145 Å². The molecule has 2 aromatic heterocycles. The number of benzene rings is 1. The van der Waals surface area contributed by atoms with Crippen LogP contribution in [0.3, 0.4) is 0 Å². The Balaban J connectivity index is 2.09. The molecule has 2 heterocycles. The van der Waals surface area contributed by atoms with Crippen molar-refractivity contribution in [1.82, 2.24) is 24.4 Å². The fourth-order valence-corrected chi connectivity index (χ4v) is 2.66. The number of amides is 1. The van der Waals surface area contributed by atoms with E-state index in [-0.39, 0.29) is 11.6 Å². The van der Waals surface area contributed by atoms with Gasteiger partial charge in [-0.1, -0.05) is 26.0 Å². The van der Waals surface area contributed by atoms with Crippen molar-refractivity contribution in [1.29, 1.82) is 0 Å². The van der Waals surface area contributed by atoms with Crippen molar-refractivity contribution in [2.24, 2.45) is 5.92 Å². The maximum absolute atomic E-state index is 12.2. The highest BCUT2D eigenvalue weighted by Gasteiger charge is 2.14. The molecule has 0 aliphatic rings. The van der Waals surface area contributed by atoms with Crippen LogP contribution in [0.15, 0.2) is 35.3 Å². The third-order valence-corrected chi connectivity index (χ3v) is 3.84. The van der Waals surface area contributed by atoms with E-state index >= 15 is 0 Å². The number of carbonyl (C=O) groups excluding carboxylic acids is 1.